The summed E-state index contributed by atoms with van der Waals surface area (Å²) >= 11 is 0. The number of rotatable bonds is 8. The van der Waals surface area contributed by atoms with Crippen molar-refractivity contribution < 1.29 is 17.8 Å². The van der Waals surface area contributed by atoms with E-state index in [1.54, 1.807) is 24.5 Å². The maximum absolute atomic E-state index is 14.0. The highest BCUT2D eigenvalue weighted by Gasteiger charge is 2.23. The first-order chi connectivity index (χ1) is 19.1. The Hall–Kier alpha value is -4.56. The van der Waals surface area contributed by atoms with Crippen molar-refractivity contribution in [3.8, 4) is 22.8 Å². The molecule has 206 valence electrons. The average molecular weight is 564 g/mol. The lowest BCUT2D eigenvalue weighted by Gasteiger charge is -2.18. The van der Waals surface area contributed by atoms with E-state index in [-0.39, 0.29) is 41.0 Å². The van der Waals surface area contributed by atoms with Gasteiger partial charge in [0.05, 0.1) is 52.6 Å². The number of hydrogen-bond donors (Lipinski definition) is 3. The molecular formula is C26H26FN9O3S. The number of halogens is 1. The fourth-order valence-corrected chi connectivity index (χ4v) is 4.47. The zero-order valence-electron chi connectivity index (χ0n) is 21.9. The minimum absolute atomic E-state index is 0.0677. The third-order valence-electron chi connectivity index (χ3n) is 5.82. The van der Waals surface area contributed by atoms with E-state index < -0.39 is 27.5 Å². The van der Waals surface area contributed by atoms with Crippen LogP contribution in [0.5, 0.6) is 0 Å². The van der Waals surface area contributed by atoms with Crippen molar-refractivity contribution >= 4 is 28.4 Å². The smallest absolute Gasteiger partial charge is 0.274 e. The van der Waals surface area contributed by atoms with Crippen LogP contribution in [0.4, 0.5) is 10.2 Å². The Morgan fingerprint density at radius 2 is 1.93 bits per heavy atom. The van der Waals surface area contributed by atoms with Crippen LogP contribution >= 0.6 is 0 Å². The van der Waals surface area contributed by atoms with Gasteiger partial charge in [0.25, 0.3) is 5.91 Å². The van der Waals surface area contributed by atoms with E-state index in [1.165, 1.54) is 30.8 Å². The molecule has 1 atom stereocenters. The molecule has 5 aromatic heterocycles. The van der Waals surface area contributed by atoms with Crippen molar-refractivity contribution in [2.45, 2.75) is 38.6 Å². The van der Waals surface area contributed by atoms with Gasteiger partial charge in [-0.3, -0.25) is 9.78 Å². The van der Waals surface area contributed by atoms with Crippen LogP contribution in [0.25, 0.3) is 28.5 Å². The lowest BCUT2D eigenvalue weighted by Crippen LogP contribution is -2.33. The number of amides is 1. The van der Waals surface area contributed by atoms with Crippen LogP contribution in [0.3, 0.4) is 0 Å². The molecule has 0 saturated carbocycles. The molecule has 5 rings (SSSR count). The Labute approximate surface area is 230 Å². The third kappa shape index (κ3) is 5.58. The number of carbonyl (C=O) groups is 1. The van der Waals surface area contributed by atoms with Crippen molar-refractivity contribution in [1.82, 2.24) is 39.4 Å². The minimum atomic E-state index is -1.28. The molecule has 0 aliphatic rings. The zero-order chi connectivity index (χ0) is 28.4. The van der Waals surface area contributed by atoms with E-state index >= 15 is 0 Å². The number of nitrogens with one attached hydrogen (secondary N) is 2. The number of nitrogen functional groups attached to an aromatic ring is 1. The van der Waals surface area contributed by atoms with Crippen molar-refractivity contribution in [2.24, 2.45) is 0 Å². The van der Waals surface area contributed by atoms with E-state index in [9.17, 15) is 13.4 Å². The summed E-state index contributed by atoms with van der Waals surface area (Å²) in [4.78, 5) is 34.5. The van der Waals surface area contributed by atoms with Gasteiger partial charge in [0.15, 0.2) is 17.2 Å². The summed E-state index contributed by atoms with van der Waals surface area (Å²) in [5.41, 5.74) is 8.51. The molecule has 0 radical (unpaired) electrons. The van der Waals surface area contributed by atoms with Gasteiger partial charge in [-0.1, -0.05) is 0 Å². The van der Waals surface area contributed by atoms with Crippen molar-refractivity contribution in [1.29, 1.82) is 0 Å². The number of nitrogens with zero attached hydrogens (tertiary/aromatic N) is 6. The average Bonchev–Trinajstić information content (AvgIpc) is 3.60. The molecule has 0 spiro atoms. The van der Waals surface area contributed by atoms with E-state index in [0.717, 1.165) is 5.69 Å². The number of nitrogens with two attached hydrogens (primary N) is 1. The molecule has 5 aromatic rings. The van der Waals surface area contributed by atoms with Crippen molar-refractivity contribution in [2.75, 3.05) is 5.73 Å². The Bertz CT molecular complexity index is 1710. The fourth-order valence-electron chi connectivity index (χ4n) is 3.76. The van der Waals surface area contributed by atoms with Crippen LogP contribution in [0.15, 0.2) is 59.7 Å². The Morgan fingerprint density at radius 3 is 2.65 bits per heavy atom. The van der Waals surface area contributed by atoms with Gasteiger partial charge in [0, 0.05) is 18.0 Å². The molecule has 0 aliphatic carbocycles. The molecule has 0 saturated heterocycles. The SMILES string of the molecule is CC(C)(C)S(=O)NCc1cnc2ccc(-c3nc(C(=O)NCc4ncccc4F)c(N)nc3-c3ncco3)cn12. The second-order valence-electron chi connectivity index (χ2n) is 9.70. The van der Waals surface area contributed by atoms with Gasteiger partial charge in [-0.15, -0.1) is 0 Å². The monoisotopic (exact) mass is 563 g/mol. The van der Waals surface area contributed by atoms with Gasteiger partial charge >= 0.3 is 0 Å². The van der Waals surface area contributed by atoms with E-state index in [1.807, 2.05) is 25.2 Å². The molecule has 1 amide bonds. The summed E-state index contributed by atoms with van der Waals surface area (Å²) in [6, 6.07) is 6.26. The molecule has 1 unspecified atom stereocenters. The van der Waals surface area contributed by atoms with Gasteiger partial charge in [-0.05, 0) is 45.0 Å². The van der Waals surface area contributed by atoms with Gasteiger partial charge in [-0.2, -0.15) is 0 Å². The number of carbonyl (C=O) groups excluding carboxylic acids is 1. The lowest BCUT2D eigenvalue weighted by molar-refractivity contribution is 0.0946. The molecule has 14 heteroatoms. The first kappa shape index (κ1) is 27.0. The van der Waals surface area contributed by atoms with Crippen LogP contribution in [-0.2, 0) is 24.1 Å². The second-order valence-corrected chi connectivity index (χ2v) is 11.8. The first-order valence-corrected chi connectivity index (χ1v) is 13.3. The molecule has 12 nitrogen and oxygen atoms in total. The Morgan fingerprint density at radius 1 is 1.10 bits per heavy atom. The maximum Gasteiger partial charge on any atom is 0.274 e. The van der Waals surface area contributed by atoms with E-state index in [4.69, 9.17) is 10.2 Å². The molecule has 40 heavy (non-hydrogen) atoms. The van der Waals surface area contributed by atoms with Crippen molar-refractivity contribution in [3.63, 3.8) is 0 Å². The van der Waals surface area contributed by atoms with E-state index in [2.05, 4.69) is 35.0 Å². The van der Waals surface area contributed by atoms with Crippen LogP contribution in [0.2, 0.25) is 0 Å². The van der Waals surface area contributed by atoms with Gasteiger partial charge in [0.2, 0.25) is 5.89 Å². The molecule has 0 aliphatic heterocycles. The molecule has 0 bridgehead atoms. The van der Waals surface area contributed by atoms with Gasteiger partial charge in [-0.25, -0.2) is 33.3 Å². The second kappa shape index (κ2) is 10.9. The summed E-state index contributed by atoms with van der Waals surface area (Å²) in [7, 11) is -1.28. The number of pyridine rings is 2. The number of oxazole rings is 1. The Kier molecular flexibility index (Phi) is 7.36. The van der Waals surface area contributed by atoms with Crippen LogP contribution < -0.4 is 15.8 Å². The topological polar surface area (TPSA) is 166 Å². The van der Waals surface area contributed by atoms with Crippen LogP contribution in [-0.4, -0.2) is 44.2 Å². The van der Waals surface area contributed by atoms with E-state index in [0.29, 0.717) is 17.8 Å². The van der Waals surface area contributed by atoms with Crippen LogP contribution in [0, 0.1) is 5.82 Å². The molecular weight excluding hydrogens is 537 g/mol. The molecule has 4 N–H and O–H groups in total. The largest absolute Gasteiger partial charge is 0.443 e. The highest BCUT2D eigenvalue weighted by Crippen LogP contribution is 2.30. The first-order valence-electron chi connectivity index (χ1n) is 12.2. The predicted molar refractivity (Wildman–Crippen MR) is 146 cm³/mol. The minimum Gasteiger partial charge on any atom is -0.443 e. The van der Waals surface area contributed by atoms with Gasteiger partial charge in [0.1, 0.15) is 23.4 Å². The maximum atomic E-state index is 14.0. The molecule has 0 fully saturated rings. The Balaban J connectivity index is 1.52. The summed E-state index contributed by atoms with van der Waals surface area (Å²) in [5, 5.41) is 2.59. The molecule has 5 heterocycles. The highest BCUT2D eigenvalue weighted by atomic mass is 32.2. The summed E-state index contributed by atoms with van der Waals surface area (Å²) in [5.74, 6) is -1.21. The predicted octanol–water partition coefficient (Wildman–Crippen LogP) is 3.04. The zero-order valence-corrected chi connectivity index (χ0v) is 22.7. The third-order valence-corrected chi connectivity index (χ3v) is 7.34. The number of hydrogen-bond acceptors (Lipinski definition) is 9. The number of aromatic nitrogens is 6. The lowest BCUT2D eigenvalue weighted by atomic mass is 10.1. The molecule has 0 aromatic carbocycles. The standard InChI is InChI=1S/C26H26FN9O3S/c1-26(2,3)40(38)33-12-16-11-31-19-7-6-15(14-36(16)19)20-21(25-30-9-10-39-25)35-23(28)22(34-20)24(37)32-13-18-17(27)5-4-8-29-18/h4-11,14,33H,12-13H2,1-3H3,(H2,28,35)(H,32,37). The number of imidazole rings is 1. The summed E-state index contributed by atoms with van der Waals surface area (Å²) in [6.07, 6.45) is 7.73. The van der Waals surface area contributed by atoms with Gasteiger partial charge < -0.3 is 19.9 Å². The number of fused-ring (bicyclic) bond motifs is 1. The van der Waals surface area contributed by atoms with Crippen molar-refractivity contribution in [3.05, 3.63) is 78.2 Å². The summed E-state index contributed by atoms with van der Waals surface area (Å²) in [6.45, 7) is 5.77. The number of anilines is 1. The highest BCUT2D eigenvalue weighted by molar-refractivity contribution is 7.84. The normalized spacial score (nSPS) is 12.5. The fraction of sp³-hybridized carbons (Fsp3) is 0.231. The quantitative estimate of drug-likeness (QED) is 0.257. The summed E-state index contributed by atoms with van der Waals surface area (Å²) < 4.78 is 36.4. The van der Waals surface area contributed by atoms with Crippen LogP contribution in [0.1, 0.15) is 42.6 Å².